The van der Waals surface area contributed by atoms with Gasteiger partial charge in [0.2, 0.25) is 0 Å². The van der Waals surface area contributed by atoms with Crippen LogP contribution in [-0.2, 0) is 5.41 Å². The van der Waals surface area contributed by atoms with E-state index >= 15 is 0 Å². The van der Waals surface area contributed by atoms with E-state index in [1.165, 1.54) is 31.4 Å². The van der Waals surface area contributed by atoms with Gasteiger partial charge in [0.25, 0.3) is 0 Å². The van der Waals surface area contributed by atoms with Gasteiger partial charge >= 0.3 is 0 Å². The number of hydrogen-bond donors (Lipinski definition) is 0. The zero-order chi connectivity index (χ0) is 11.2. The lowest BCUT2D eigenvalue weighted by Crippen LogP contribution is -2.52. The molecule has 16 heavy (non-hydrogen) atoms. The van der Waals surface area contributed by atoms with Crippen LogP contribution in [0.1, 0.15) is 37.7 Å². The van der Waals surface area contributed by atoms with Crippen LogP contribution >= 0.6 is 0 Å². The molecule has 0 unspecified atom stereocenters. The van der Waals surface area contributed by atoms with Crippen molar-refractivity contribution in [2.45, 2.75) is 37.5 Å². The molecule has 0 atom stereocenters. The third kappa shape index (κ3) is 1.21. The molecule has 2 aliphatic carbocycles. The lowest BCUT2D eigenvalue weighted by Gasteiger charge is -2.58. The molecular weight excluding hydrogens is 201 g/mol. The summed E-state index contributed by atoms with van der Waals surface area (Å²) in [7, 11) is 0. The highest BCUT2D eigenvalue weighted by atomic mass is 19.1. The van der Waals surface area contributed by atoms with Crippen LogP contribution in [0, 0.1) is 22.6 Å². The molecule has 2 aliphatic rings. The van der Waals surface area contributed by atoms with Gasteiger partial charge < -0.3 is 0 Å². The maximum absolute atomic E-state index is 13.2. The van der Waals surface area contributed by atoms with Gasteiger partial charge in [-0.3, -0.25) is 0 Å². The molecule has 0 amide bonds. The summed E-state index contributed by atoms with van der Waals surface area (Å²) < 4.78 is 13.2. The second-order valence-corrected chi connectivity index (χ2v) is 5.41. The largest absolute Gasteiger partial charge is 0.207 e. The van der Waals surface area contributed by atoms with Crippen molar-refractivity contribution in [3.63, 3.8) is 0 Å². The molecule has 1 aromatic rings. The van der Waals surface area contributed by atoms with E-state index in [0.29, 0.717) is 5.41 Å². The van der Waals surface area contributed by atoms with Gasteiger partial charge in [-0.05, 0) is 48.8 Å². The number of nitriles is 1. The van der Waals surface area contributed by atoms with Gasteiger partial charge in [0, 0.05) is 0 Å². The Kier molecular flexibility index (Phi) is 1.89. The smallest absolute Gasteiger partial charge is 0.123 e. The van der Waals surface area contributed by atoms with E-state index in [-0.39, 0.29) is 5.82 Å². The van der Waals surface area contributed by atoms with E-state index in [4.69, 9.17) is 0 Å². The quantitative estimate of drug-likeness (QED) is 0.702. The lowest BCUT2D eigenvalue weighted by atomic mass is 9.44. The Morgan fingerprint density at radius 3 is 2.50 bits per heavy atom. The van der Waals surface area contributed by atoms with Gasteiger partial charge in [0.1, 0.15) is 5.82 Å². The summed E-state index contributed by atoms with van der Waals surface area (Å²) in [6.45, 7) is 0. The number of hydrogen-bond acceptors (Lipinski definition) is 1. The summed E-state index contributed by atoms with van der Waals surface area (Å²) in [6.07, 6.45) is 5.67. The van der Waals surface area contributed by atoms with Crippen LogP contribution in [0.2, 0.25) is 0 Å². The molecule has 3 rings (SSSR count). The fraction of sp³-hybridized carbons (Fsp3) is 0.500. The minimum atomic E-state index is -0.400. The molecule has 2 heteroatoms. The Bertz CT molecular complexity index is 460. The average Bonchev–Trinajstić information content (AvgIpc) is 2.15. The average molecular weight is 215 g/mol. The predicted molar refractivity (Wildman–Crippen MR) is 59.2 cm³/mol. The number of rotatable bonds is 1. The van der Waals surface area contributed by atoms with Crippen molar-refractivity contribution in [2.24, 2.45) is 5.41 Å². The Balaban J connectivity index is 1.90. The molecule has 0 heterocycles. The van der Waals surface area contributed by atoms with Crippen molar-refractivity contribution in [1.82, 2.24) is 0 Å². The topological polar surface area (TPSA) is 23.8 Å². The molecule has 2 fully saturated rings. The summed E-state index contributed by atoms with van der Waals surface area (Å²) in [5.41, 5.74) is 0.900. The normalized spacial score (nSPS) is 24.2. The second kappa shape index (κ2) is 3.07. The van der Waals surface area contributed by atoms with Gasteiger partial charge in [-0.2, -0.15) is 5.26 Å². The summed E-state index contributed by atoms with van der Waals surface area (Å²) in [5.74, 6) is -0.235. The first-order chi connectivity index (χ1) is 7.68. The van der Waals surface area contributed by atoms with Crippen LogP contribution in [0.15, 0.2) is 24.3 Å². The van der Waals surface area contributed by atoms with Gasteiger partial charge in [-0.15, -0.1) is 0 Å². The molecule has 82 valence electrons. The van der Waals surface area contributed by atoms with Crippen molar-refractivity contribution in [2.75, 3.05) is 0 Å². The van der Waals surface area contributed by atoms with Crippen LogP contribution in [-0.4, -0.2) is 0 Å². The first kappa shape index (κ1) is 9.84. The minimum absolute atomic E-state index is 0.235. The monoisotopic (exact) mass is 215 g/mol. The summed E-state index contributed by atoms with van der Waals surface area (Å²) in [4.78, 5) is 0. The van der Waals surface area contributed by atoms with E-state index in [1.807, 2.05) is 6.07 Å². The third-order valence-corrected chi connectivity index (χ3v) is 4.36. The molecular formula is C14H14FN. The van der Waals surface area contributed by atoms with Crippen LogP contribution in [0.3, 0.4) is 0 Å². The SMILES string of the molecule is N#CC1(c2cccc(F)c2)CC2(CCC2)C1. The fourth-order valence-corrected chi connectivity index (χ4v) is 3.39. The molecule has 0 radical (unpaired) electrons. The van der Waals surface area contributed by atoms with Crippen LogP contribution < -0.4 is 0 Å². The summed E-state index contributed by atoms with van der Waals surface area (Å²) in [5, 5.41) is 9.36. The highest BCUT2D eigenvalue weighted by Gasteiger charge is 2.58. The molecule has 1 aromatic carbocycles. The number of halogens is 1. The van der Waals surface area contributed by atoms with Crippen LogP contribution in [0.4, 0.5) is 4.39 Å². The Labute approximate surface area is 94.9 Å². The molecule has 2 saturated carbocycles. The number of benzene rings is 1. The van der Waals surface area contributed by atoms with Gasteiger partial charge in [-0.25, -0.2) is 4.39 Å². The van der Waals surface area contributed by atoms with E-state index < -0.39 is 5.41 Å². The van der Waals surface area contributed by atoms with E-state index in [2.05, 4.69) is 6.07 Å². The van der Waals surface area contributed by atoms with E-state index in [9.17, 15) is 9.65 Å². The van der Waals surface area contributed by atoms with Crippen molar-refractivity contribution in [3.8, 4) is 6.07 Å². The third-order valence-electron chi connectivity index (χ3n) is 4.36. The maximum atomic E-state index is 13.2. The van der Waals surface area contributed by atoms with Crippen molar-refractivity contribution in [1.29, 1.82) is 5.26 Å². The molecule has 0 aromatic heterocycles. The highest BCUT2D eigenvalue weighted by Crippen LogP contribution is 2.64. The van der Waals surface area contributed by atoms with Crippen molar-refractivity contribution in [3.05, 3.63) is 35.6 Å². The Hall–Kier alpha value is -1.36. The lowest BCUT2D eigenvalue weighted by molar-refractivity contribution is -0.0228. The molecule has 1 nitrogen and oxygen atoms in total. The Morgan fingerprint density at radius 1 is 1.25 bits per heavy atom. The molecule has 0 N–H and O–H groups in total. The van der Waals surface area contributed by atoms with E-state index in [0.717, 1.165) is 18.4 Å². The minimum Gasteiger partial charge on any atom is -0.207 e. The fourth-order valence-electron chi connectivity index (χ4n) is 3.39. The molecule has 0 saturated heterocycles. The standard InChI is InChI=1S/C14H14FN/c15-12-4-1-3-11(7-12)14(10-16)8-13(9-14)5-2-6-13/h1,3-4,7H,2,5-6,8-9H2. The predicted octanol–water partition coefficient (Wildman–Crippen LogP) is 3.55. The first-order valence-electron chi connectivity index (χ1n) is 5.86. The Morgan fingerprint density at radius 2 is 2.00 bits per heavy atom. The van der Waals surface area contributed by atoms with E-state index in [1.54, 1.807) is 6.07 Å². The van der Waals surface area contributed by atoms with Gasteiger partial charge in [0.05, 0.1) is 11.5 Å². The van der Waals surface area contributed by atoms with Gasteiger partial charge in [-0.1, -0.05) is 18.6 Å². The molecule has 0 bridgehead atoms. The van der Waals surface area contributed by atoms with Crippen molar-refractivity contribution >= 4 is 0 Å². The zero-order valence-electron chi connectivity index (χ0n) is 9.17. The maximum Gasteiger partial charge on any atom is 0.123 e. The molecule has 1 spiro atoms. The van der Waals surface area contributed by atoms with Crippen LogP contribution in [0.25, 0.3) is 0 Å². The van der Waals surface area contributed by atoms with Crippen molar-refractivity contribution < 1.29 is 4.39 Å². The van der Waals surface area contributed by atoms with Crippen LogP contribution in [0.5, 0.6) is 0 Å². The summed E-state index contributed by atoms with van der Waals surface area (Å²) >= 11 is 0. The molecule has 0 aliphatic heterocycles. The summed E-state index contributed by atoms with van der Waals surface area (Å²) in [6, 6.07) is 8.97. The highest BCUT2D eigenvalue weighted by molar-refractivity contribution is 5.38. The van der Waals surface area contributed by atoms with Gasteiger partial charge in [0.15, 0.2) is 0 Å². The second-order valence-electron chi connectivity index (χ2n) is 5.41. The zero-order valence-corrected chi connectivity index (χ0v) is 9.17. The first-order valence-corrected chi connectivity index (χ1v) is 5.86. The number of nitrogens with zero attached hydrogens (tertiary/aromatic N) is 1.